The van der Waals surface area contributed by atoms with Gasteiger partial charge in [-0.1, -0.05) is 0 Å². The SMILES string of the molecule is CCOC(=O)CNC(C)CCC(=O)O. The van der Waals surface area contributed by atoms with Gasteiger partial charge in [-0.3, -0.25) is 9.59 Å². The van der Waals surface area contributed by atoms with Gasteiger partial charge in [-0.15, -0.1) is 0 Å². The molecule has 0 spiro atoms. The van der Waals surface area contributed by atoms with Crippen LogP contribution in [0.5, 0.6) is 0 Å². The average Bonchev–Trinajstić information content (AvgIpc) is 2.12. The van der Waals surface area contributed by atoms with Crippen LogP contribution in [-0.2, 0) is 14.3 Å². The maximum Gasteiger partial charge on any atom is 0.319 e. The molecule has 1 unspecified atom stereocenters. The van der Waals surface area contributed by atoms with Crippen LogP contribution in [0, 0.1) is 0 Å². The Balaban J connectivity index is 3.48. The lowest BCUT2D eigenvalue weighted by molar-refractivity contribution is -0.142. The summed E-state index contributed by atoms with van der Waals surface area (Å²) in [6.45, 7) is 4.08. The van der Waals surface area contributed by atoms with E-state index in [2.05, 4.69) is 5.32 Å². The van der Waals surface area contributed by atoms with E-state index in [0.29, 0.717) is 13.0 Å². The molecule has 0 fully saturated rings. The third-order valence-corrected chi connectivity index (χ3v) is 1.69. The minimum absolute atomic E-state index is 0.00973. The quantitative estimate of drug-likeness (QED) is 0.585. The molecule has 0 aliphatic rings. The molecule has 0 rings (SSSR count). The summed E-state index contributed by atoms with van der Waals surface area (Å²) >= 11 is 0. The van der Waals surface area contributed by atoms with E-state index in [1.807, 2.05) is 6.92 Å². The van der Waals surface area contributed by atoms with Crippen molar-refractivity contribution in [1.82, 2.24) is 5.32 Å². The van der Waals surface area contributed by atoms with Crippen LogP contribution in [0.3, 0.4) is 0 Å². The summed E-state index contributed by atoms with van der Waals surface area (Å²) in [6.07, 6.45) is 0.617. The van der Waals surface area contributed by atoms with Crippen LogP contribution >= 0.6 is 0 Å². The highest BCUT2D eigenvalue weighted by Crippen LogP contribution is 1.95. The Hall–Kier alpha value is -1.10. The van der Waals surface area contributed by atoms with Gasteiger partial charge < -0.3 is 15.2 Å². The third-order valence-electron chi connectivity index (χ3n) is 1.69. The summed E-state index contributed by atoms with van der Waals surface area (Å²) in [6, 6.07) is 0.00973. The van der Waals surface area contributed by atoms with Crippen molar-refractivity contribution in [3.05, 3.63) is 0 Å². The van der Waals surface area contributed by atoms with Crippen LogP contribution in [0.1, 0.15) is 26.7 Å². The normalized spacial score (nSPS) is 12.1. The van der Waals surface area contributed by atoms with Gasteiger partial charge in [0, 0.05) is 12.5 Å². The van der Waals surface area contributed by atoms with Crippen molar-refractivity contribution in [2.45, 2.75) is 32.7 Å². The van der Waals surface area contributed by atoms with Crippen molar-refractivity contribution >= 4 is 11.9 Å². The Labute approximate surface area is 83.4 Å². The van der Waals surface area contributed by atoms with E-state index in [1.165, 1.54) is 0 Å². The third kappa shape index (κ3) is 7.54. The molecule has 0 bridgehead atoms. The van der Waals surface area contributed by atoms with E-state index in [0.717, 1.165) is 0 Å². The predicted octanol–water partition coefficient (Wildman–Crippen LogP) is 0.392. The maximum absolute atomic E-state index is 10.9. The first kappa shape index (κ1) is 12.9. The fourth-order valence-electron chi connectivity index (χ4n) is 0.912. The van der Waals surface area contributed by atoms with Crippen molar-refractivity contribution in [2.24, 2.45) is 0 Å². The number of carboxylic acids is 1. The molecule has 0 heterocycles. The van der Waals surface area contributed by atoms with E-state index in [1.54, 1.807) is 6.92 Å². The topological polar surface area (TPSA) is 75.6 Å². The molecule has 0 aromatic heterocycles. The first-order valence-electron chi connectivity index (χ1n) is 4.67. The molecule has 0 saturated heterocycles. The molecule has 14 heavy (non-hydrogen) atoms. The lowest BCUT2D eigenvalue weighted by Crippen LogP contribution is -2.32. The van der Waals surface area contributed by atoms with Crippen LogP contribution in [0.4, 0.5) is 0 Å². The lowest BCUT2D eigenvalue weighted by Gasteiger charge is -2.11. The molecular formula is C9H17NO4. The number of carbonyl (C=O) groups excluding carboxylic acids is 1. The molecule has 0 amide bonds. The van der Waals surface area contributed by atoms with Crippen LogP contribution < -0.4 is 5.32 Å². The number of nitrogens with one attached hydrogen (secondary N) is 1. The van der Waals surface area contributed by atoms with E-state index in [4.69, 9.17) is 9.84 Å². The second-order valence-electron chi connectivity index (χ2n) is 3.02. The number of esters is 1. The van der Waals surface area contributed by atoms with Gasteiger partial charge >= 0.3 is 11.9 Å². The first-order valence-corrected chi connectivity index (χ1v) is 4.67. The molecule has 5 heteroatoms. The maximum atomic E-state index is 10.9. The Bertz CT molecular complexity index is 193. The highest BCUT2D eigenvalue weighted by atomic mass is 16.5. The van der Waals surface area contributed by atoms with E-state index >= 15 is 0 Å². The minimum Gasteiger partial charge on any atom is -0.481 e. The molecule has 0 radical (unpaired) electrons. The molecule has 0 aromatic rings. The van der Waals surface area contributed by atoms with Gasteiger partial charge in [-0.05, 0) is 20.3 Å². The average molecular weight is 203 g/mol. The standard InChI is InChI=1S/C9H17NO4/c1-3-14-9(13)6-10-7(2)4-5-8(11)12/h7,10H,3-6H2,1-2H3,(H,11,12). The van der Waals surface area contributed by atoms with Gasteiger partial charge in [-0.25, -0.2) is 0 Å². The monoisotopic (exact) mass is 203 g/mol. The summed E-state index contributed by atoms with van der Waals surface area (Å²) in [5.41, 5.74) is 0. The zero-order valence-corrected chi connectivity index (χ0v) is 8.58. The van der Waals surface area contributed by atoms with Crippen molar-refractivity contribution in [3.8, 4) is 0 Å². The molecule has 0 saturated carbocycles. The molecule has 82 valence electrons. The molecule has 5 nitrogen and oxygen atoms in total. The summed E-state index contributed by atoms with van der Waals surface area (Å²) in [7, 11) is 0. The van der Waals surface area contributed by atoms with E-state index in [9.17, 15) is 9.59 Å². The number of ether oxygens (including phenoxy) is 1. The molecule has 0 aliphatic heterocycles. The fraction of sp³-hybridized carbons (Fsp3) is 0.778. The van der Waals surface area contributed by atoms with E-state index < -0.39 is 5.97 Å². The van der Waals surface area contributed by atoms with Gasteiger partial charge in [0.1, 0.15) is 0 Å². The zero-order valence-electron chi connectivity index (χ0n) is 8.58. The van der Waals surface area contributed by atoms with Gasteiger partial charge in [0.2, 0.25) is 0 Å². The predicted molar refractivity (Wildman–Crippen MR) is 51.0 cm³/mol. The van der Waals surface area contributed by atoms with Crippen molar-refractivity contribution in [1.29, 1.82) is 0 Å². The van der Waals surface area contributed by atoms with E-state index in [-0.39, 0.29) is 25.0 Å². The largest absolute Gasteiger partial charge is 0.481 e. The van der Waals surface area contributed by atoms with Crippen LogP contribution in [0.15, 0.2) is 0 Å². The minimum atomic E-state index is -0.824. The number of hydrogen-bond donors (Lipinski definition) is 2. The second-order valence-corrected chi connectivity index (χ2v) is 3.02. The summed E-state index contributed by atoms with van der Waals surface area (Å²) in [4.78, 5) is 21.1. The van der Waals surface area contributed by atoms with Crippen LogP contribution in [-0.4, -0.2) is 36.2 Å². The smallest absolute Gasteiger partial charge is 0.319 e. The Kier molecular flexibility index (Phi) is 6.74. The number of hydrogen-bond acceptors (Lipinski definition) is 4. The molecule has 1 atom stereocenters. The summed E-state index contributed by atoms with van der Waals surface area (Å²) < 4.78 is 4.70. The van der Waals surface area contributed by atoms with Crippen molar-refractivity contribution in [3.63, 3.8) is 0 Å². The van der Waals surface area contributed by atoms with Crippen LogP contribution in [0.25, 0.3) is 0 Å². The van der Waals surface area contributed by atoms with Crippen molar-refractivity contribution < 1.29 is 19.4 Å². The highest BCUT2D eigenvalue weighted by molar-refractivity contribution is 5.71. The molecule has 2 N–H and O–H groups in total. The number of carbonyl (C=O) groups is 2. The molecule has 0 aromatic carbocycles. The Morgan fingerprint density at radius 3 is 2.64 bits per heavy atom. The number of rotatable bonds is 7. The highest BCUT2D eigenvalue weighted by Gasteiger charge is 2.07. The summed E-state index contributed by atoms with van der Waals surface area (Å²) in [5, 5.41) is 11.3. The van der Waals surface area contributed by atoms with Gasteiger partial charge in [0.05, 0.1) is 13.2 Å². The molecule has 0 aliphatic carbocycles. The van der Waals surface area contributed by atoms with Gasteiger partial charge in [-0.2, -0.15) is 0 Å². The number of aliphatic carboxylic acids is 1. The van der Waals surface area contributed by atoms with Crippen LogP contribution in [0.2, 0.25) is 0 Å². The number of carboxylic acid groups (broad SMARTS) is 1. The second kappa shape index (κ2) is 7.32. The van der Waals surface area contributed by atoms with Gasteiger partial charge in [0.15, 0.2) is 0 Å². The zero-order chi connectivity index (χ0) is 11.0. The first-order chi connectivity index (χ1) is 6.56. The summed E-state index contributed by atoms with van der Waals surface area (Å²) in [5.74, 6) is -1.13. The fourth-order valence-corrected chi connectivity index (χ4v) is 0.912. The lowest BCUT2D eigenvalue weighted by atomic mass is 10.2. The Morgan fingerprint density at radius 2 is 2.14 bits per heavy atom. The van der Waals surface area contributed by atoms with Crippen molar-refractivity contribution in [2.75, 3.05) is 13.2 Å². The molecular weight excluding hydrogens is 186 g/mol. The Morgan fingerprint density at radius 1 is 1.50 bits per heavy atom. The van der Waals surface area contributed by atoms with Gasteiger partial charge in [0.25, 0.3) is 0 Å².